The van der Waals surface area contributed by atoms with Crippen molar-refractivity contribution in [1.82, 2.24) is 14.1 Å². The fourth-order valence-corrected chi connectivity index (χ4v) is 5.17. The minimum atomic E-state index is -3.17. The van der Waals surface area contributed by atoms with Gasteiger partial charge in [0, 0.05) is 49.8 Å². The molecular formula is C19H28ClN3O4S. The van der Waals surface area contributed by atoms with Crippen LogP contribution in [-0.2, 0) is 14.8 Å². The Morgan fingerprint density at radius 1 is 1.21 bits per heavy atom. The Kier molecular flexibility index (Phi) is 6.54. The molecule has 1 aromatic carbocycles. The van der Waals surface area contributed by atoms with Gasteiger partial charge in [0.25, 0.3) is 5.91 Å². The van der Waals surface area contributed by atoms with Gasteiger partial charge in [-0.2, -0.15) is 0 Å². The largest absolute Gasteiger partial charge is 0.484 e. The van der Waals surface area contributed by atoms with Crippen LogP contribution >= 0.6 is 11.6 Å². The molecule has 0 aromatic heterocycles. The van der Waals surface area contributed by atoms with Crippen LogP contribution in [0.1, 0.15) is 19.8 Å². The van der Waals surface area contributed by atoms with E-state index in [9.17, 15) is 13.2 Å². The van der Waals surface area contributed by atoms with Crippen LogP contribution in [0.25, 0.3) is 0 Å². The quantitative estimate of drug-likeness (QED) is 0.688. The van der Waals surface area contributed by atoms with E-state index < -0.39 is 10.0 Å². The van der Waals surface area contributed by atoms with Crippen LogP contribution in [0.2, 0.25) is 5.02 Å². The minimum absolute atomic E-state index is 0.0128. The third kappa shape index (κ3) is 4.79. The van der Waals surface area contributed by atoms with Gasteiger partial charge in [0.05, 0.1) is 6.26 Å². The second-order valence-electron chi connectivity index (χ2n) is 7.54. The van der Waals surface area contributed by atoms with Crippen LogP contribution in [0.4, 0.5) is 0 Å². The van der Waals surface area contributed by atoms with Gasteiger partial charge in [0.2, 0.25) is 10.0 Å². The summed E-state index contributed by atoms with van der Waals surface area (Å²) in [5.74, 6) is 0.533. The number of ether oxygens (including phenoxy) is 1. The number of carbonyl (C=O) groups excluding carboxylic acids is 1. The summed E-state index contributed by atoms with van der Waals surface area (Å²) in [6, 6.07) is 7.00. The van der Waals surface area contributed by atoms with Gasteiger partial charge in [-0.15, -0.1) is 0 Å². The molecule has 7 nitrogen and oxygen atoms in total. The number of hydrogen-bond donors (Lipinski definition) is 0. The van der Waals surface area contributed by atoms with Crippen LogP contribution < -0.4 is 4.74 Å². The zero-order valence-corrected chi connectivity index (χ0v) is 18.0. The highest BCUT2D eigenvalue weighted by Gasteiger charge is 2.45. The number of benzene rings is 1. The first-order valence-corrected chi connectivity index (χ1v) is 11.8. The Bertz CT molecular complexity index is 811. The molecule has 0 bridgehead atoms. The first-order valence-electron chi connectivity index (χ1n) is 9.60. The highest BCUT2D eigenvalue weighted by Crippen LogP contribution is 2.33. The predicted molar refractivity (Wildman–Crippen MR) is 109 cm³/mol. The van der Waals surface area contributed by atoms with Gasteiger partial charge in [-0.3, -0.25) is 9.69 Å². The van der Waals surface area contributed by atoms with Gasteiger partial charge in [-0.25, -0.2) is 12.7 Å². The molecule has 0 saturated carbocycles. The fourth-order valence-electron chi connectivity index (χ4n) is 4.10. The number of hydrogen-bond acceptors (Lipinski definition) is 5. The number of amides is 1. The van der Waals surface area contributed by atoms with E-state index >= 15 is 0 Å². The molecule has 9 heteroatoms. The van der Waals surface area contributed by atoms with Crippen molar-refractivity contribution in [3.63, 3.8) is 0 Å². The van der Waals surface area contributed by atoms with E-state index in [2.05, 4.69) is 11.8 Å². The molecule has 0 unspecified atom stereocenters. The Morgan fingerprint density at radius 2 is 1.93 bits per heavy atom. The Morgan fingerprint density at radius 3 is 2.50 bits per heavy atom. The molecule has 28 heavy (non-hydrogen) atoms. The molecule has 2 aliphatic heterocycles. The summed E-state index contributed by atoms with van der Waals surface area (Å²) in [6.07, 6.45) is 3.00. The molecule has 2 fully saturated rings. The molecule has 2 saturated heterocycles. The summed E-state index contributed by atoms with van der Waals surface area (Å²) in [4.78, 5) is 16.7. The number of halogens is 1. The SMILES string of the molecule is CC[C@@]1(N2CCN(C(=O)COc3cccc(Cl)c3)CC2)CCN(S(C)(=O)=O)C1. The second-order valence-corrected chi connectivity index (χ2v) is 9.96. The minimum Gasteiger partial charge on any atom is -0.484 e. The first kappa shape index (κ1) is 21.4. The lowest BCUT2D eigenvalue weighted by atomic mass is 9.92. The Labute approximate surface area is 172 Å². The first-order chi connectivity index (χ1) is 13.2. The third-order valence-electron chi connectivity index (χ3n) is 5.89. The van der Waals surface area contributed by atoms with E-state index in [1.807, 2.05) is 4.90 Å². The average Bonchev–Trinajstić information content (AvgIpc) is 3.13. The fraction of sp³-hybridized carbons (Fsp3) is 0.632. The van der Waals surface area contributed by atoms with Crippen LogP contribution in [0.3, 0.4) is 0 Å². The number of carbonyl (C=O) groups is 1. The normalized spacial score (nSPS) is 24.5. The molecule has 1 aromatic rings. The zero-order chi connectivity index (χ0) is 20.4. The Balaban J connectivity index is 1.53. The summed E-state index contributed by atoms with van der Waals surface area (Å²) in [5, 5.41) is 0.572. The van der Waals surface area contributed by atoms with E-state index in [0.29, 0.717) is 37.0 Å². The lowest BCUT2D eigenvalue weighted by Gasteiger charge is -2.45. The maximum absolute atomic E-state index is 12.5. The Hall–Kier alpha value is -1.35. The van der Waals surface area contributed by atoms with E-state index in [-0.39, 0.29) is 18.1 Å². The standard InChI is InChI=1S/C19H28ClN3O4S/c1-3-19(7-8-23(15-19)28(2,25)26)22-11-9-21(10-12-22)18(24)14-27-17-6-4-5-16(20)13-17/h4-6,13H,3,7-12,14-15H2,1-2H3/t19-/m1/s1. The van der Waals surface area contributed by atoms with Gasteiger partial charge in [0.15, 0.2) is 6.61 Å². The number of nitrogens with zero attached hydrogens (tertiary/aromatic N) is 3. The molecular weight excluding hydrogens is 402 g/mol. The number of sulfonamides is 1. The molecule has 1 atom stereocenters. The molecule has 156 valence electrons. The van der Waals surface area contributed by atoms with Crippen LogP contribution in [0.5, 0.6) is 5.75 Å². The van der Waals surface area contributed by atoms with Gasteiger partial charge < -0.3 is 9.64 Å². The summed E-state index contributed by atoms with van der Waals surface area (Å²) >= 11 is 5.93. The highest BCUT2D eigenvalue weighted by atomic mass is 35.5. The van der Waals surface area contributed by atoms with E-state index in [4.69, 9.17) is 16.3 Å². The van der Waals surface area contributed by atoms with Gasteiger partial charge in [-0.1, -0.05) is 24.6 Å². The predicted octanol–water partition coefficient (Wildman–Crippen LogP) is 1.68. The monoisotopic (exact) mass is 429 g/mol. The molecule has 0 aliphatic carbocycles. The smallest absolute Gasteiger partial charge is 0.260 e. The van der Waals surface area contributed by atoms with E-state index in [1.54, 1.807) is 28.6 Å². The molecule has 0 N–H and O–H groups in total. The summed E-state index contributed by atoms with van der Waals surface area (Å²) in [6.45, 7) is 5.94. The van der Waals surface area contributed by atoms with Crippen LogP contribution in [0, 0.1) is 0 Å². The lowest BCUT2D eigenvalue weighted by Crippen LogP contribution is -2.59. The van der Waals surface area contributed by atoms with Gasteiger partial charge in [0.1, 0.15) is 5.75 Å². The van der Waals surface area contributed by atoms with Crippen LogP contribution in [0.15, 0.2) is 24.3 Å². The van der Waals surface area contributed by atoms with Crippen molar-refractivity contribution in [2.75, 3.05) is 52.1 Å². The maximum Gasteiger partial charge on any atom is 0.260 e. The van der Waals surface area contributed by atoms with Crippen molar-refractivity contribution in [3.05, 3.63) is 29.3 Å². The maximum atomic E-state index is 12.5. The second kappa shape index (κ2) is 8.57. The van der Waals surface area contributed by atoms with Crippen molar-refractivity contribution < 1.29 is 17.9 Å². The topological polar surface area (TPSA) is 70.2 Å². The van der Waals surface area contributed by atoms with E-state index in [1.165, 1.54) is 6.26 Å². The third-order valence-corrected chi connectivity index (χ3v) is 7.37. The molecule has 1 amide bonds. The number of rotatable bonds is 6. The summed E-state index contributed by atoms with van der Waals surface area (Å²) in [5.41, 5.74) is -0.129. The van der Waals surface area contributed by atoms with Crippen molar-refractivity contribution in [2.45, 2.75) is 25.3 Å². The molecule has 0 radical (unpaired) electrons. The molecule has 0 spiro atoms. The summed E-state index contributed by atoms with van der Waals surface area (Å²) in [7, 11) is -3.17. The highest BCUT2D eigenvalue weighted by molar-refractivity contribution is 7.88. The average molecular weight is 430 g/mol. The molecule has 2 aliphatic rings. The van der Waals surface area contributed by atoms with Gasteiger partial charge >= 0.3 is 0 Å². The van der Waals surface area contributed by atoms with Crippen LogP contribution in [-0.4, -0.2) is 86.1 Å². The van der Waals surface area contributed by atoms with Crippen molar-refractivity contribution in [1.29, 1.82) is 0 Å². The summed E-state index contributed by atoms with van der Waals surface area (Å²) < 4.78 is 30.9. The van der Waals surface area contributed by atoms with Crippen molar-refractivity contribution in [3.8, 4) is 5.75 Å². The van der Waals surface area contributed by atoms with Gasteiger partial charge in [-0.05, 0) is 31.0 Å². The number of piperazine rings is 1. The zero-order valence-electron chi connectivity index (χ0n) is 16.4. The molecule has 2 heterocycles. The van der Waals surface area contributed by atoms with Crippen molar-refractivity contribution >= 4 is 27.5 Å². The molecule has 3 rings (SSSR count). The van der Waals surface area contributed by atoms with E-state index in [0.717, 1.165) is 25.9 Å². The lowest BCUT2D eigenvalue weighted by molar-refractivity contribution is -0.136. The van der Waals surface area contributed by atoms with Crippen molar-refractivity contribution in [2.24, 2.45) is 0 Å².